The van der Waals surface area contributed by atoms with Crippen molar-refractivity contribution in [2.24, 2.45) is 0 Å². The molecule has 9 heteroatoms. The summed E-state index contributed by atoms with van der Waals surface area (Å²) in [7, 11) is 0. The summed E-state index contributed by atoms with van der Waals surface area (Å²) in [6, 6.07) is -0.278. The van der Waals surface area contributed by atoms with E-state index in [1.807, 2.05) is 0 Å². The first-order valence-corrected chi connectivity index (χ1v) is 6.18. The predicted octanol–water partition coefficient (Wildman–Crippen LogP) is 0.0286. The molecular formula is C9H10N2O6S. The molecule has 8 nitrogen and oxygen atoms in total. The monoisotopic (exact) mass is 274 g/mol. The lowest BCUT2D eigenvalue weighted by Crippen LogP contribution is -2.35. The number of nitrogens with zero attached hydrogens (tertiary/aromatic N) is 1. The largest absolute Gasteiger partial charge is 0.534 e. The molecule has 1 unspecified atom stereocenters. The summed E-state index contributed by atoms with van der Waals surface area (Å²) in [6.45, 7) is -0.0617. The van der Waals surface area contributed by atoms with Crippen molar-refractivity contribution in [1.29, 1.82) is 0 Å². The van der Waals surface area contributed by atoms with Crippen molar-refractivity contribution in [3.63, 3.8) is 0 Å². The molecule has 2 aliphatic rings. The summed E-state index contributed by atoms with van der Waals surface area (Å²) in [4.78, 5) is 48.8. The molecule has 3 amide bonds. The third-order valence-electron chi connectivity index (χ3n) is 2.31. The fourth-order valence-corrected chi connectivity index (χ4v) is 2.23. The summed E-state index contributed by atoms with van der Waals surface area (Å²) >= 11 is 1.09. The van der Waals surface area contributed by atoms with Crippen molar-refractivity contribution in [2.75, 3.05) is 12.4 Å². The van der Waals surface area contributed by atoms with Gasteiger partial charge in [0.05, 0.1) is 6.04 Å². The topological polar surface area (TPSA) is 102 Å². The van der Waals surface area contributed by atoms with Crippen molar-refractivity contribution < 1.29 is 28.8 Å². The molecule has 0 bridgehead atoms. The molecule has 0 radical (unpaired) electrons. The van der Waals surface area contributed by atoms with Crippen LogP contribution in [0.5, 0.6) is 0 Å². The Hall–Kier alpha value is -1.77. The van der Waals surface area contributed by atoms with Crippen LogP contribution in [-0.4, -0.2) is 46.7 Å². The number of hydroxylamine groups is 2. The maximum atomic E-state index is 11.2. The zero-order chi connectivity index (χ0) is 13.1. The molecule has 2 fully saturated rings. The van der Waals surface area contributed by atoms with Crippen molar-refractivity contribution in [3.8, 4) is 0 Å². The van der Waals surface area contributed by atoms with Gasteiger partial charge in [0.25, 0.3) is 17.1 Å². The van der Waals surface area contributed by atoms with E-state index >= 15 is 0 Å². The van der Waals surface area contributed by atoms with Crippen LogP contribution in [0.4, 0.5) is 9.59 Å². The zero-order valence-corrected chi connectivity index (χ0v) is 10.0. The van der Waals surface area contributed by atoms with Crippen molar-refractivity contribution in [2.45, 2.75) is 18.9 Å². The fraction of sp³-hybridized carbons (Fsp3) is 0.556. The molecule has 0 saturated carbocycles. The number of carbonyl (C=O) groups is 4. The summed E-state index contributed by atoms with van der Waals surface area (Å²) in [6.07, 6.45) is -1.08. The molecule has 1 atom stereocenters. The summed E-state index contributed by atoms with van der Waals surface area (Å²) in [5.74, 6) is -0.642. The lowest BCUT2D eigenvalue weighted by molar-refractivity contribution is -0.177. The normalized spacial score (nSPS) is 23.2. The van der Waals surface area contributed by atoms with E-state index in [1.165, 1.54) is 0 Å². The van der Waals surface area contributed by atoms with Gasteiger partial charge in [-0.3, -0.25) is 19.2 Å². The average molecular weight is 274 g/mol. The Labute approximate surface area is 106 Å². The minimum atomic E-state index is -1.13. The van der Waals surface area contributed by atoms with Crippen molar-refractivity contribution >= 4 is 35.0 Å². The molecule has 0 aromatic carbocycles. The Morgan fingerprint density at radius 2 is 2.00 bits per heavy atom. The van der Waals surface area contributed by atoms with E-state index in [1.54, 1.807) is 0 Å². The quantitative estimate of drug-likeness (QED) is 0.572. The number of imide groups is 1. The molecule has 18 heavy (non-hydrogen) atoms. The van der Waals surface area contributed by atoms with E-state index in [-0.39, 0.29) is 30.7 Å². The second-order valence-electron chi connectivity index (χ2n) is 3.67. The van der Waals surface area contributed by atoms with Gasteiger partial charge in [-0.15, -0.1) is 0 Å². The van der Waals surface area contributed by atoms with Crippen molar-refractivity contribution in [1.82, 2.24) is 10.4 Å². The average Bonchev–Trinajstić information content (AvgIpc) is 2.87. The molecule has 2 rings (SSSR count). The van der Waals surface area contributed by atoms with E-state index in [0.717, 1.165) is 11.8 Å². The first-order chi connectivity index (χ1) is 8.56. The van der Waals surface area contributed by atoms with E-state index in [2.05, 4.69) is 10.2 Å². The Morgan fingerprint density at radius 1 is 1.33 bits per heavy atom. The molecule has 0 aromatic rings. The van der Waals surface area contributed by atoms with Crippen LogP contribution < -0.4 is 5.32 Å². The van der Waals surface area contributed by atoms with E-state index < -0.39 is 18.0 Å². The highest BCUT2D eigenvalue weighted by Crippen LogP contribution is 2.14. The van der Waals surface area contributed by atoms with Gasteiger partial charge >= 0.3 is 6.16 Å². The third-order valence-corrected chi connectivity index (χ3v) is 3.26. The standard InChI is InChI=1S/C9H10N2O6S/c12-6-1-2-7(13)11(6)17-9(15)16-3-5-4-18-8(14)10-5/h5H,1-4H2,(H,10,14). The lowest BCUT2D eigenvalue weighted by atomic mass is 10.4. The predicted molar refractivity (Wildman–Crippen MR) is 58.3 cm³/mol. The molecule has 2 saturated heterocycles. The SMILES string of the molecule is O=C(OCC1CSC(=O)N1)ON1C(=O)CCC1=O. The zero-order valence-electron chi connectivity index (χ0n) is 9.21. The number of rotatable bonds is 3. The van der Waals surface area contributed by atoms with Gasteiger partial charge in [0.15, 0.2) is 0 Å². The molecule has 2 heterocycles. The van der Waals surface area contributed by atoms with Gasteiger partial charge in [0.2, 0.25) is 0 Å². The first-order valence-electron chi connectivity index (χ1n) is 5.20. The van der Waals surface area contributed by atoms with Crippen LogP contribution in [0.3, 0.4) is 0 Å². The fourth-order valence-electron chi connectivity index (χ4n) is 1.44. The summed E-state index contributed by atoms with van der Waals surface area (Å²) in [5.41, 5.74) is 0. The second kappa shape index (κ2) is 5.25. The molecule has 98 valence electrons. The second-order valence-corrected chi connectivity index (χ2v) is 4.67. The van der Waals surface area contributed by atoms with Gasteiger partial charge in [0, 0.05) is 18.6 Å². The van der Waals surface area contributed by atoms with Gasteiger partial charge in [-0.25, -0.2) is 4.79 Å². The molecule has 0 aliphatic carbocycles. The molecular weight excluding hydrogens is 264 g/mol. The Kier molecular flexibility index (Phi) is 3.70. The van der Waals surface area contributed by atoms with E-state index in [4.69, 9.17) is 4.74 Å². The Bertz CT molecular complexity index is 396. The van der Waals surface area contributed by atoms with Crippen LogP contribution in [0, 0.1) is 0 Å². The van der Waals surface area contributed by atoms with Gasteiger partial charge in [-0.1, -0.05) is 16.8 Å². The number of thioether (sulfide) groups is 1. The smallest absolute Gasteiger partial charge is 0.430 e. The third kappa shape index (κ3) is 2.92. The van der Waals surface area contributed by atoms with Gasteiger partial charge in [0.1, 0.15) is 6.61 Å². The molecule has 1 N–H and O–H groups in total. The summed E-state index contributed by atoms with van der Waals surface area (Å²) in [5, 5.41) is 2.79. The van der Waals surface area contributed by atoms with E-state index in [0.29, 0.717) is 10.8 Å². The number of amides is 3. The highest BCUT2D eigenvalue weighted by molar-refractivity contribution is 8.13. The molecule has 0 spiro atoms. The van der Waals surface area contributed by atoms with Gasteiger partial charge in [-0.2, -0.15) is 0 Å². The number of nitrogens with one attached hydrogen (secondary N) is 1. The number of carbonyl (C=O) groups excluding carboxylic acids is 4. The lowest BCUT2D eigenvalue weighted by Gasteiger charge is -2.13. The van der Waals surface area contributed by atoms with E-state index in [9.17, 15) is 19.2 Å². The van der Waals surface area contributed by atoms with Crippen LogP contribution in [-0.2, 0) is 19.2 Å². The van der Waals surface area contributed by atoms with Gasteiger partial charge < -0.3 is 10.1 Å². The Morgan fingerprint density at radius 3 is 2.56 bits per heavy atom. The number of hydrogen-bond donors (Lipinski definition) is 1. The highest BCUT2D eigenvalue weighted by atomic mass is 32.2. The minimum Gasteiger partial charge on any atom is -0.430 e. The van der Waals surface area contributed by atoms with Crippen LogP contribution in [0.2, 0.25) is 0 Å². The molecule has 2 aliphatic heterocycles. The van der Waals surface area contributed by atoms with Crippen LogP contribution in [0.15, 0.2) is 0 Å². The number of hydrogen-bond acceptors (Lipinski definition) is 7. The molecule has 0 aromatic heterocycles. The maximum absolute atomic E-state index is 11.2. The maximum Gasteiger partial charge on any atom is 0.534 e. The number of ether oxygens (including phenoxy) is 1. The van der Waals surface area contributed by atoms with Crippen LogP contribution >= 0.6 is 11.8 Å². The minimum absolute atomic E-state index is 0.0292. The van der Waals surface area contributed by atoms with Crippen LogP contribution in [0.25, 0.3) is 0 Å². The van der Waals surface area contributed by atoms with Crippen LogP contribution in [0.1, 0.15) is 12.8 Å². The first kappa shape index (κ1) is 12.7. The highest BCUT2D eigenvalue weighted by Gasteiger charge is 2.33. The Balaban J connectivity index is 1.73. The van der Waals surface area contributed by atoms with Gasteiger partial charge in [-0.05, 0) is 0 Å². The summed E-state index contributed by atoms with van der Waals surface area (Å²) < 4.78 is 4.70. The van der Waals surface area contributed by atoms with Crippen molar-refractivity contribution in [3.05, 3.63) is 0 Å².